The zero-order valence-electron chi connectivity index (χ0n) is 6.85. The lowest BCUT2D eigenvalue weighted by Gasteiger charge is -2.09. The minimum absolute atomic E-state index is 0.274. The zero-order valence-corrected chi connectivity index (χ0v) is 8.44. The minimum Gasteiger partial charge on any atom is -0.403 e. The normalized spacial score (nSPS) is 10.9. The van der Waals surface area contributed by atoms with Crippen LogP contribution in [0.4, 0.5) is 13.2 Å². The highest BCUT2D eigenvalue weighted by Gasteiger charge is 2.32. The van der Waals surface area contributed by atoms with E-state index in [0.717, 1.165) is 0 Å². The molecule has 0 radical (unpaired) electrons. The fraction of sp³-hybridized carbons (Fsp3) is 0.143. The first-order chi connectivity index (χ1) is 6.83. The molecule has 1 heterocycles. The number of halogens is 4. The number of rotatable bonds is 1. The van der Waals surface area contributed by atoms with Crippen LogP contribution in [0.25, 0.3) is 0 Å². The molecule has 0 spiro atoms. The van der Waals surface area contributed by atoms with E-state index in [0.29, 0.717) is 6.07 Å². The third-order valence-electron chi connectivity index (χ3n) is 1.31. The predicted molar refractivity (Wildman–Crippen MR) is 46.2 cm³/mol. The second kappa shape index (κ2) is 3.94. The maximum absolute atomic E-state index is 11.8. The maximum Gasteiger partial charge on any atom is 0.573 e. The molecule has 0 saturated heterocycles. The number of aromatic amines is 1. The molecule has 0 amide bonds. The summed E-state index contributed by atoms with van der Waals surface area (Å²) in [5.74, 6) is -0.668. The second-order valence-electron chi connectivity index (χ2n) is 2.35. The highest BCUT2D eigenvalue weighted by Crippen LogP contribution is 2.28. The van der Waals surface area contributed by atoms with Crippen LogP contribution in [0.15, 0.2) is 15.5 Å². The fourth-order valence-electron chi connectivity index (χ4n) is 0.771. The first-order valence-corrected chi connectivity index (χ1v) is 4.21. The first-order valence-electron chi connectivity index (χ1n) is 3.42. The van der Waals surface area contributed by atoms with E-state index < -0.39 is 23.2 Å². The molecule has 0 aliphatic heterocycles. The van der Waals surface area contributed by atoms with Gasteiger partial charge in [0.2, 0.25) is 0 Å². The molecule has 8 heteroatoms. The van der Waals surface area contributed by atoms with E-state index in [2.05, 4.69) is 20.7 Å². The molecule has 1 aromatic rings. The smallest absolute Gasteiger partial charge is 0.403 e. The summed E-state index contributed by atoms with van der Waals surface area (Å²) < 4.78 is 38.8. The standard InChI is InChI=1S/C7H2BrF3N2O2/c8-5-4(15-7(9,10)11)1-3(2-12)6(14)13-5/h1H,(H,13,14). The summed E-state index contributed by atoms with van der Waals surface area (Å²) in [6.45, 7) is 0. The Hall–Kier alpha value is -1.49. The Bertz CT molecular complexity index is 475. The van der Waals surface area contributed by atoms with Crippen molar-refractivity contribution in [3.63, 3.8) is 0 Å². The number of nitriles is 1. The van der Waals surface area contributed by atoms with Gasteiger partial charge in [-0.3, -0.25) is 4.79 Å². The van der Waals surface area contributed by atoms with Gasteiger partial charge in [-0.25, -0.2) is 0 Å². The van der Waals surface area contributed by atoms with Crippen molar-refractivity contribution in [2.45, 2.75) is 6.36 Å². The largest absolute Gasteiger partial charge is 0.573 e. The number of hydrogen-bond donors (Lipinski definition) is 1. The number of pyridine rings is 1. The van der Waals surface area contributed by atoms with Gasteiger partial charge in [-0.05, 0) is 15.9 Å². The molecule has 0 bridgehead atoms. The molecular weight excluding hydrogens is 281 g/mol. The summed E-state index contributed by atoms with van der Waals surface area (Å²) in [5, 5.41) is 8.41. The van der Waals surface area contributed by atoms with Crippen LogP contribution in [-0.2, 0) is 0 Å². The summed E-state index contributed by atoms with van der Waals surface area (Å²) in [5.41, 5.74) is -1.25. The van der Waals surface area contributed by atoms with Crippen molar-refractivity contribution in [1.82, 2.24) is 4.98 Å². The van der Waals surface area contributed by atoms with Gasteiger partial charge in [0.1, 0.15) is 16.2 Å². The van der Waals surface area contributed by atoms with Crippen molar-refractivity contribution in [3.05, 3.63) is 26.6 Å². The molecule has 0 atom stereocenters. The lowest BCUT2D eigenvalue weighted by molar-refractivity contribution is -0.275. The molecule has 0 aliphatic carbocycles. The Balaban J connectivity index is 3.21. The van der Waals surface area contributed by atoms with Gasteiger partial charge in [-0.2, -0.15) is 5.26 Å². The molecule has 1 rings (SSSR count). The van der Waals surface area contributed by atoms with Gasteiger partial charge in [-0.1, -0.05) is 0 Å². The van der Waals surface area contributed by atoms with Crippen molar-refractivity contribution in [1.29, 1.82) is 5.26 Å². The highest BCUT2D eigenvalue weighted by atomic mass is 79.9. The Morgan fingerprint density at radius 3 is 2.60 bits per heavy atom. The number of nitrogens with one attached hydrogen (secondary N) is 1. The number of ether oxygens (including phenoxy) is 1. The fourth-order valence-corrected chi connectivity index (χ4v) is 1.15. The van der Waals surface area contributed by atoms with Crippen molar-refractivity contribution >= 4 is 15.9 Å². The van der Waals surface area contributed by atoms with E-state index in [4.69, 9.17) is 5.26 Å². The lowest BCUT2D eigenvalue weighted by Crippen LogP contribution is -2.19. The molecule has 4 nitrogen and oxygen atoms in total. The second-order valence-corrected chi connectivity index (χ2v) is 3.14. The molecule has 0 aromatic carbocycles. The van der Waals surface area contributed by atoms with Crippen LogP contribution >= 0.6 is 15.9 Å². The molecule has 15 heavy (non-hydrogen) atoms. The average molecular weight is 283 g/mol. The maximum atomic E-state index is 11.8. The van der Waals surface area contributed by atoms with Crippen LogP contribution in [0.2, 0.25) is 0 Å². The molecule has 0 aliphatic rings. The van der Waals surface area contributed by atoms with E-state index in [9.17, 15) is 18.0 Å². The van der Waals surface area contributed by atoms with E-state index in [-0.39, 0.29) is 4.60 Å². The lowest BCUT2D eigenvalue weighted by atomic mass is 10.3. The van der Waals surface area contributed by atoms with Crippen LogP contribution in [0.3, 0.4) is 0 Å². The van der Waals surface area contributed by atoms with Crippen LogP contribution in [0.1, 0.15) is 5.56 Å². The average Bonchev–Trinajstić information content (AvgIpc) is 2.07. The molecule has 1 aromatic heterocycles. The van der Waals surface area contributed by atoms with Crippen molar-refractivity contribution in [2.75, 3.05) is 0 Å². The van der Waals surface area contributed by atoms with Gasteiger partial charge in [0.15, 0.2) is 5.75 Å². The monoisotopic (exact) mass is 282 g/mol. The van der Waals surface area contributed by atoms with E-state index in [1.54, 1.807) is 0 Å². The number of nitrogens with zero attached hydrogens (tertiary/aromatic N) is 1. The molecule has 80 valence electrons. The van der Waals surface area contributed by atoms with Gasteiger partial charge in [0, 0.05) is 6.07 Å². The number of aromatic nitrogens is 1. The molecular formula is C7H2BrF3N2O2. The minimum atomic E-state index is -4.88. The third-order valence-corrected chi connectivity index (χ3v) is 1.89. The number of H-pyrrole nitrogens is 1. The SMILES string of the molecule is N#Cc1cc(OC(F)(F)F)c(Br)[nH]c1=O. The van der Waals surface area contributed by atoms with Gasteiger partial charge in [0.25, 0.3) is 5.56 Å². The molecule has 0 unspecified atom stereocenters. The molecule has 0 saturated carbocycles. The quantitative estimate of drug-likeness (QED) is 0.800. The Labute approximate surface area is 89.4 Å². The summed E-state index contributed by atoms with van der Waals surface area (Å²) in [6, 6.07) is 2.14. The molecule has 0 fully saturated rings. The Kier molecular flexibility index (Phi) is 3.04. The van der Waals surface area contributed by atoms with E-state index in [1.807, 2.05) is 4.98 Å². The van der Waals surface area contributed by atoms with Crippen molar-refractivity contribution < 1.29 is 17.9 Å². The Morgan fingerprint density at radius 1 is 1.53 bits per heavy atom. The van der Waals surface area contributed by atoms with Gasteiger partial charge in [-0.15, -0.1) is 13.2 Å². The summed E-state index contributed by atoms with van der Waals surface area (Å²) in [4.78, 5) is 12.9. The van der Waals surface area contributed by atoms with Crippen LogP contribution < -0.4 is 10.3 Å². The van der Waals surface area contributed by atoms with Crippen LogP contribution in [0, 0.1) is 11.3 Å². The summed E-state index contributed by atoms with van der Waals surface area (Å²) >= 11 is 2.67. The number of alkyl halides is 3. The van der Waals surface area contributed by atoms with Gasteiger partial charge in [0.05, 0.1) is 0 Å². The number of hydrogen-bond acceptors (Lipinski definition) is 3. The third kappa shape index (κ3) is 2.99. The van der Waals surface area contributed by atoms with Crippen LogP contribution in [0.5, 0.6) is 5.75 Å². The van der Waals surface area contributed by atoms with Gasteiger partial charge < -0.3 is 9.72 Å². The summed E-state index contributed by atoms with van der Waals surface area (Å²) in [7, 11) is 0. The topological polar surface area (TPSA) is 65.9 Å². The zero-order chi connectivity index (χ0) is 11.6. The van der Waals surface area contributed by atoms with E-state index >= 15 is 0 Å². The Morgan fingerprint density at radius 2 is 2.13 bits per heavy atom. The van der Waals surface area contributed by atoms with Crippen molar-refractivity contribution in [3.8, 4) is 11.8 Å². The van der Waals surface area contributed by atoms with Crippen LogP contribution in [-0.4, -0.2) is 11.3 Å². The first kappa shape index (κ1) is 11.6. The molecule has 1 N–H and O–H groups in total. The highest BCUT2D eigenvalue weighted by molar-refractivity contribution is 9.10. The summed E-state index contributed by atoms with van der Waals surface area (Å²) in [6.07, 6.45) is -4.88. The van der Waals surface area contributed by atoms with Gasteiger partial charge >= 0.3 is 6.36 Å². The van der Waals surface area contributed by atoms with E-state index in [1.165, 1.54) is 6.07 Å². The van der Waals surface area contributed by atoms with Crippen molar-refractivity contribution in [2.24, 2.45) is 0 Å². The predicted octanol–water partition coefficient (Wildman–Crippen LogP) is 1.91.